The van der Waals surface area contributed by atoms with Crippen LogP contribution in [0.3, 0.4) is 0 Å². The fraction of sp³-hybridized carbons (Fsp3) is 0.250. The van der Waals surface area contributed by atoms with Crippen LogP contribution in [0, 0.1) is 10.0 Å². The number of aliphatic hydroxyl groups is 1. The lowest BCUT2D eigenvalue weighted by molar-refractivity contribution is -0.138. The van der Waals surface area contributed by atoms with E-state index in [1.165, 1.54) is 0 Å². The van der Waals surface area contributed by atoms with Gasteiger partial charge in [0.25, 0.3) is 0 Å². The molecule has 1 atom stereocenters. The third-order valence-electron chi connectivity index (χ3n) is 6.01. The van der Waals surface area contributed by atoms with Crippen LogP contribution < -0.4 is 5.73 Å². The van der Waals surface area contributed by atoms with Gasteiger partial charge in [0.2, 0.25) is 5.91 Å². The van der Waals surface area contributed by atoms with Gasteiger partial charge in [-0.15, -0.1) is 0 Å². The number of nitrogens with zero attached hydrogens (tertiary/aromatic N) is 3. The maximum Gasteiger partial charge on any atom is 0.250 e. The molecule has 1 saturated heterocycles. The van der Waals surface area contributed by atoms with Gasteiger partial charge in [0, 0.05) is 37.4 Å². The molecule has 0 bridgehead atoms. The molecule has 3 heterocycles. The Labute approximate surface area is 191 Å². The molecule has 0 aliphatic carbocycles. The van der Waals surface area contributed by atoms with Crippen LogP contribution in [0.25, 0.3) is 0 Å². The number of piperidine rings is 1. The number of nitrogens with one attached hydrogen (secondary N) is 1. The maximum absolute atomic E-state index is 13.8. The van der Waals surface area contributed by atoms with Gasteiger partial charge in [-0.1, -0.05) is 48.6 Å². The Morgan fingerprint density at radius 3 is 2.47 bits per heavy atom. The number of rotatable bonds is 5. The average molecular weight is 448 g/mol. The summed E-state index contributed by atoms with van der Waals surface area (Å²) in [5.74, 6) is -0.115. The lowest BCUT2D eigenvalue weighted by atomic mass is 9.87. The van der Waals surface area contributed by atoms with Crippen molar-refractivity contribution in [1.29, 1.82) is 5.41 Å². The first-order valence-electron chi connectivity index (χ1n) is 10.4. The third kappa shape index (κ3) is 4.06. The van der Waals surface area contributed by atoms with Crippen molar-refractivity contribution in [3.05, 3.63) is 88.5 Å². The van der Waals surface area contributed by atoms with Gasteiger partial charge in [0.1, 0.15) is 16.3 Å². The smallest absolute Gasteiger partial charge is 0.250 e. The Bertz CT molecular complexity index is 1170. The van der Waals surface area contributed by atoms with E-state index in [0.717, 1.165) is 11.8 Å². The van der Waals surface area contributed by atoms with Gasteiger partial charge in [0.05, 0.1) is 11.3 Å². The maximum atomic E-state index is 13.8. The Morgan fingerprint density at radius 2 is 1.84 bits per heavy atom. The monoisotopic (exact) mass is 447 g/mol. The van der Waals surface area contributed by atoms with Gasteiger partial charge >= 0.3 is 0 Å². The minimum absolute atomic E-state index is 0.115. The first-order chi connectivity index (χ1) is 15.4. The van der Waals surface area contributed by atoms with E-state index in [9.17, 15) is 9.90 Å². The summed E-state index contributed by atoms with van der Waals surface area (Å²) in [6, 6.07) is 15.9. The lowest BCUT2D eigenvalue weighted by Crippen LogP contribution is -2.48. The van der Waals surface area contributed by atoms with Crippen molar-refractivity contribution in [2.24, 2.45) is 0 Å². The molecule has 2 aromatic heterocycles. The molecule has 3 aromatic rings. The van der Waals surface area contributed by atoms with Crippen LogP contribution >= 0.6 is 12.2 Å². The second-order valence-corrected chi connectivity index (χ2v) is 8.31. The van der Waals surface area contributed by atoms with E-state index in [4.69, 9.17) is 23.4 Å². The molecule has 0 radical (unpaired) electrons. The number of nitrogens with two attached hydrogens (primary N) is 1. The highest BCUT2D eigenvalue weighted by molar-refractivity contribution is 7.71. The second kappa shape index (κ2) is 9.02. The normalized spacial score (nSPS) is 16.3. The molecular formula is C24H25N5O2S. The standard InChI is InChI=1S/C24H25N5O2S/c25-16-18-19(26)9-13-29(23(18)32)21(17-6-2-1-3-7-17)22(30)28-14-10-24(31,11-15-28)20-8-4-5-12-27-20/h1-9,12-13,16,21,25,31H,10-11,14-15,26H2. The van der Waals surface area contributed by atoms with Crippen LogP contribution in [0.5, 0.6) is 0 Å². The van der Waals surface area contributed by atoms with E-state index >= 15 is 0 Å². The molecule has 164 valence electrons. The number of anilines is 1. The Hall–Kier alpha value is -3.36. The second-order valence-electron chi connectivity index (χ2n) is 7.93. The van der Waals surface area contributed by atoms with Gasteiger partial charge in [-0.3, -0.25) is 9.78 Å². The van der Waals surface area contributed by atoms with Gasteiger partial charge in [-0.25, -0.2) is 0 Å². The Morgan fingerprint density at radius 1 is 1.16 bits per heavy atom. The van der Waals surface area contributed by atoms with Gasteiger partial charge in [-0.05, 0) is 36.6 Å². The highest BCUT2D eigenvalue weighted by atomic mass is 32.1. The molecule has 1 aromatic carbocycles. The third-order valence-corrected chi connectivity index (χ3v) is 6.44. The molecule has 8 heteroatoms. The number of likely N-dealkylation sites (tertiary alicyclic amines) is 1. The van der Waals surface area contributed by atoms with Crippen LogP contribution in [0.2, 0.25) is 0 Å². The predicted octanol–water partition coefficient (Wildman–Crippen LogP) is 3.29. The van der Waals surface area contributed by atoms with Gasteiger partial charge < -0.3 is 25.7 Å². The molecule has 1 unspecified atom stereocenters. The predicted molar refractivity (Wildman–Crippen MR) is 126 cm³/mol. The fourth-order valence-corrected chi connectivity index (χ4v) is 4.49. The van der Waals surface area contributed by atoms with E-state index in [0.29, 0.717) is 47.5 Å². The number of carbonyl (C=O) groups is 1. The molecular weight excluding hydrogens is 422 g/mol. The van der Waals surface area contributed by atoms with E-state index < -0.39 is 11.6 Å². The molecule has 1 aliphatic heterocycles. The van der Waals surface area contributed by atoms with E-state index in [-0.39, 0.29) is 5.91 Å². The number of hydrogen-bond donors (Lipinski definition) is 3. The number of pyridine rings is 2. The topological polar surface area (TPSA) is 108 Å². The zero-order valence-corrected chi connectivity index (χ0v) is 18.3. The van der Waals surface area contributed by atoms with E-state index in [1.54, 1.807) is 27.9 Å². The van der Waals surface area contributed by atoms with Crippen molar-refractivity contribution in [3.8, 4) is 0 Å². The molecule has 0 saturated carbocycles. The number of amides is 1. The van der Waals surface area contributed by atoms with Crippen LogP contribution in [0.1, 0.15) is 35.7 Å². The minimum Gasteiger partial charge on any atom is -0.398 e. The SMILES string of the molecule is N=Cc1c(N)ccn(C(C(=O)N2CCC(O)(c3ccccn3)CC2)c2ccccc2)c1=S. The quantitative estimate of drug-likeness (QED) is 0.411. The van der Waals surface area contributed by atoms with Gasteiger partial charge in [-0.2, -0.15) is 0 Å². The highest BCUT2D eigenvalue weighted by Gasteiger charge is 2.38. The van der Waals surface area contributed by atoms with Crippen molar-refractivity contribution in [2.45, 2.75) is 24.5 Å². The van der Waals surface area contributed by atoms with Crippen LogP contribution in [-0.4, -0.2) is 44.8 Å². The number of carbonyl (C=O) groups excluding carboxylic acids is 1. The summed E-state index contributed by atoms with van der Waals surface area (Å²) in [7, 11) is 0. The average Bonchev–Trinajstić information content (AvgIpc) is 2.83. The van der Waals surface area contributed by atoms with Crippen molar-refractivity contribution in [3.63, 3.8) is 0 Å². The molecule has 7 nitrogen and oxygen atoms in total. The summed E-state index contributed by atoms with van der Waals surface area (Å²) in [5, 5.41) is 18.8. The summed E-state index contributed by atoms with van der Waals surface area (Å²) in [5.41, 5.74) is 7.17. The highest BCUT2D eigenvalue weighted by Crippen LogP contribution is 2.33. The molecule has 1 amide bonds. The van der Waals surface area contributed by atoms with Crippen LogP contribution in [-0.2, 0) is 10.4 Å². The Balaban J connectivity index is 1.66. The zero-order valence-electron chi connectivity index (χ0n) is 17.5. The zero-order chi connectivity index (χ0) is 22.7. The number of nitrogen functional groups attached to an aromatic ring is 1. The molecule has 1 fully saturated rings. The molecule has 32 heavy (non-hydrogen) atoms. The fourth-order valence-electron chi connectivity index (χ4n) is 4.15. The first kappa shape index (κ1) is 21.9. The molecule has 1 aliphatic rings. The van der Waals surface area contributed by atoms with Crippen molar-refractivity contribution >= 4 is 30.0 Å². The van der Waals surface area contributed by atoms with Gasteiger partial charge in [0.15, 0.2) is 0 Å². The summed E-state index contributed by atoms with van der Waals surface area (Å²) in [4.78, 5) is 19.8. The summed E-state index contributed by atoms with van der Waals surface area (Å²) in [6.45, 7) is 0.796. The molecule has 0 spiro atoms. The number of hydrogen-bond acceptors (Lipinski definition) is 6. The van der Waals surface area contributed by atoms with Crippen molar-refractivity contribution in [2.75, 3.05) is 18.8 Å². The Kier molecular flexibility index (Phi) is 6.16. The largest absolute Gasteiger partial charge is 0.398 e. The van der Waals surface area contributed by atoms with Crippen molar-refractivity contribution < 1.29 is 9.90 Å². The first-order valence-corrected chi connectivity index (χ1v) is 10.8. The van der Waals surface area contributed by atoms with E-state index in [2.05, 4.69) is 4.98 Å². The number of benzene rings is 1. The van der Waals surface area contributed by atoms with Crippen molar-refractivity contribution in [1.82, 2.24) is 14.5 Å². The molecule has 4 N–H and O–H groups in total. The summed E-state index contributed by atoms with van der Waals surface area (Å²) in [6.07, 6.45) is 5.29. The minimum atomic E-state index is -1.05. The van der Waals surface area contributed by atoms with Crippen LogP contribution in [0.4, 0.5) is 5.69 Å². The summed E-state index contributed by atoms with van der Waals surface area (Å²) >= 11 is 5.59. The molecule has 4 rings (SSSR count). The summed E-state index contributed by atoms with van der Waals surface area (Å²) < 4.78 is 2.03. The number of aromatic nitrogens is 2. The van der Waals surface area contributed by atoms with Crippen LogP contribution in [0.15, 0.2) is 67.0 Å². The lowest BCUT2D eigenvalue weighted by Gasteiger charge is -2.39. The van der Waals surface area contributed by atoms with E-state index in [1.807, 2.05) is 48.5 Å².